The molecule has 0 N–H and O–H groups in total. The zero-order valence-electron chi connectivity index (χ0n) is 37.1. The zero-order chi connectivity index (χ0) is 44.4. The van der Waals surface area contributed by atoms with Crippen LogP contribution in [0, 0.1) is 12.1 Å². The quantitative estimate of drug-likeness (QED) is 0.167. The monoisotopic (exact) mass is 858 g/mol. The largest absolute Gasteiger partial charge is 0.456 e. The molecule has 67 heavy (non-hydrogen) atoms. The number of benzene rings is 8. The van der Waals surface area contributed by atoms with Crippen molar-refractivity contribution in [3.63, 3.8) is 0 Å². The van der Waals surface area contributed by atoms with Gasteiger partial charge < -0.3 is 18.3 Å². The average molecular weight is 859 g/mol. The highest BCUT2D eigenvalue weighted by Crippen LogP contribution is 2.51. The van der Waals surface area contributed by atoms with Crippen molar-refractivity contribution in [1.82, 2.24) is 4.57 Å². The van der Waals surface area contributed by atoms with E-state index in [-0.39, 0.29) is 5.41 Å². The van der Waals surface area contributed by atoms with E-state index >= 15 is 0 Å². The molecular weight excluding hydrogens is 817 g/mol. The summed E-state index contributed by atoms with van der Waals surface area (Å²) in [4.78, 5) is 2.34. The van der Waals surface area contributed by atoms with E-state index in [0.717, 1.165) is 96.5 Å². The van der Waals surface area contributed by atoms with Crippen molar-refractivity contribution < 1.29 is 8.83 Å². The minimum Gasteiger partial charge on any atom is -0.456 e. The Morgan fingerprint density at radius 3 is 2.09 bits per heavy atom. The van der Waals surface area contributed by atoms with Gasteiger partial charge in [0, 0.05) is 43.8 Å². The third-order valence-corrected chi connectivity index (χ3v) is 14.5. The molecule has 0 radical (unpaired) electrons. The molecule has 9 aromatic carbocycles. The fourth-order valence-corrected chi connectivity index (χ4v) is 11.3. The van der Waals surface area contributed by atoms with Crippen molar-refractivity contribution in [2.45, 2.75) is 32.1 Å². The number of hydrogen-bond acceptors (Lipinski definition) is 3. The van der Waals surface area contributed by atoms with Crippen molar-refractivity contribution in [2.75, 3.05) is 4.90 Å². The van der Waals surface area contributed by atoms with Crippen LogP contribution in [0.3, 0.4) is 0 Å². The number of rotatable bonds is 6. The summed E-state index contributed by atoms with van der Waals surface area (Å²) in [6, 6.07) is 73.0. The first kappa shape index (κ1) is 37.8. The number of para-hydroxylation sites is 2. The van der Waals surface area contributed by atoms with E-state index in [0.29, 0.717) is 0 Å². The molecular formula is C63H42N2O2. The summed E-state index contributed by atoms with van der Waals surface area (Å²) in [5, 5.41) is 5.65. The molecule has 4 heteroatoms. The van der Waals surface area contributed by atoms with Crippen molar-refractivity contribution in [3.05, 3.63) is 223 Å². The summed E-state index contributed by atoms with van der Waals surface area (Å²) in [6.45, 7) is 4.66. The number of fused-ring (bicyclic) bond motifs is 12. The summed E-state index contributed by atoms with van der Waals surface area (Å²) in [5.74, 6) is 0.932. The fraction of sp³-hybridized carbons (Fsp3) is 0.0794. The van der Waals surface area contributed by atoms with Gasteiger partial charge in [0.25, 0.3) is 0 Å². The van der Waals surface area contributed by atoms with Gasteiger partial charge in [-0.25, -0.2) is 0 Å². The lowest BCUT2D eigenvalue weighted by atomic mass is 9.81. The first-order valence-electron chi connectivity index (χ1n) is 23.2. The first-order chi connectivity index (χ1) is 33.0. The van der Waals surface area contributed by atoms with Crippen molar-refractivity contribution in [3.8, 4) is 39.1 Å². The number of furan rings is 2. The molecule has 0 saturated carbocycles. The number of aryl methyl sites for hydroxylation is 1. The molecule has 3 heterocycles. The first-order valence-corrected chi connectivity index (χ1v) is 23.2. The highest BCUT2D eigenvalue weighted by molar-refractivity contribution is 6.16. The minimum absolute atomic E-state index is 0.0958. The summed E-state index contributed by atoms with van der Waals surface area (Å²) in [7, 11) is 0. The number of aromatic nitrogens is 1. The van der Waals surface area contributed by atoms with Gasteiger partial charge in [-0.1, -0.05) is 123 Å². The SMILES string of the molecule is CC1(C)c2ccccc2-c2ccc(-c3c#cc(N(c4cccc5oc6c(c45)CCC=C6)c4cccc5oc6ccc(-c7ccc8c(c7)c7ccccc7n8-c7ccccc7)cc6c45)cc3)cc21. The topological polar surface area (TPSA) is 34.5 Å². The lowest BCUT2D eigenvalue weighted by Crippen LogP contribution is -2.14. The maximum absolute atomic E-state index is 6.73. The summed E-state index contributed by atoms with van der Waals surface area (Å²) in [5.41, 5.74) is 19.8. The molecule has 0 aliphatic heterocycles. The van der Waals surface area contributed by atoms with Gasteiger partial charge in [-0.15, -0.1) is 0 Å². The van der Waals surface area contributed by atoms with Gasteiger partial charge in [0.05, 0.1) is 33.5 Å². The Hall–Kier alpha value is -8.52. The maximum atomic E-state index is 6.73. The highest BCUT2D eigenvalue weighted by atomic mass is 16.3. The minimum atomic E-state index is -0.0958. The molecule has 0 saturated heterocycles. The standard InChI is InChI=1S/C63H42N2O2/c1-63(2)51-19-9-6-16-45(51)46-33-28-42(38-52(46)63)39-26-31-44(32-27-39)65(55-21-12-24-59-61(55)48-18-8-11-23-57(48)66-59)56-22-13-25-60-62(56)50-37-41(30-35-58(50)67-60)40-29-34-54-49(36-40)47-17-7-10-20-53(47)64(54)43-14-4-3-5-15-43/h3-7,9-17,19-26,28-31,33-38H,8,18H2,1-2H3. The second-order valence-corrected chi connectivity index (χ2v) is 18.6. The summed E-state index contributed by atoms with van der Waals surface area (Å²) in [6.07, 6.45) is 6.21. The van der Waals surface area contributed by atoms with Gasteiger partial charge >= 0.3 is 0 Å². The summed E-state index contributed by atoms with van der Waals surface area (Å²) < 4.78 is 15.6. The van der Waals surface area contributed by atoms with Gasteiger partial charge in [0.15, 0.2) is 0 Å². The van der Waals surface area contributed by atoms with E-state index in [1.54, 1.807) is 0 Å². The Kier molecular flexibility index (Phi) is 8.04. The van der Waals surface area contributed by atoms with E-state index in [4.69, 9.17) is 8.83 Å². The molecule has 14 rings (SSSR count). The number of nitrogens with zero attached hydrogens (tertiary/aromatic N) is 2. The van der Waals surface area contributed by atoms with Gasteiger partial charge in [-0.05, 0) is 149 Å². The molecule has 316 valence electrons. The highest BCUT2D eigenvalue weighted by Gasteiger charge is 2.35. The van der Waals surface area contributed by atoms with Crippen LogP contribution in [-0.2, 0) is 11.8 Å². The fourth-order valence-electron chi connectivity index (χ4n) is 11.3. The predicted molar refractivity (Wildman–Crippen MR) is 276 cm³/mol. The zero-order valence-corrected chi connectivity index (χ0v) is 37.1. The third-order valence-electron chi connectivity index (χ3n) is 14.5. The van der Waals surface area contributed by atoms with Gasteiger partial charge in [0.2, 0.25) is 0 Å². The molecule has 0 spiro atoms. The molecule has 0 fully saturated rings. The molecule has 12 aromatic rings. The molecule has 0 unspecified atom stereocenters. The molecule has 3 aromatic heterocycles. The third kappa shape index (κ3) is 5.62. The lowest BCUT2D eigenvalue weighted by molar-refractivity contribution is 0.595. The van der Waals surface area contributed by atoms with Crippen molar-refractivity contribution in [1.29, 1.82) is 0 Å². The van der Waals surface area contributed by atoms with E-state index < -0.39 is 0 Å². The van der Waals surface area contributed by atoms with Crippen LogP contribution in [-0.4, -0.2) is 4.57 Å². The Balaban J connectivity index is 0.937. The molecule has 2 aliphatic carbocycles. The van der Waals surface area contributed by atoms with Crippen LogP contribution < -0.4 is 4.90 Å². The maximum Gasteiger partial charge on any atom is 0.137 e. The van der Waals surface area contributed by atoms with Crippen LogP contribution in [0.4, 0.5) is 17.1 Å². The predicted octanol–water partition coefficient (Wildman–Crippen LogP) is 17.1. The van der Waals surface area contributed by atoms with E-state index in [9.17, 15) is 0 Å². The lowest BCUT2D eigenvalue weighted by Gasteiger charge is -2.26. The number of allylic oxidation sites excluding steroid dienone is 1. The van der Waals surface area contributed by atoms with Crippen molar-refractivity contribution in [2.24, 2.45) is 0 Å². The van der Waals surface area contributed by atoms with Crippen LogP contribution in [0.25, 0.3) is 99.9 Å². The normalized spacial score (nSPS) is 13.6. The van der Waals surface area contributed by atoms with Crippen molar-refractivity contribution >= 4 is 77.9 Å². The Morgan fingerprint density at radius 2 is 1.24 bits per heavy atom. The average Bonchev–Trinajstić information content (AvgIpc) is 4.11. The Labute approximate surface area is 388 Å². The molecule has 0 atom stereocenters. The van der Waals surface area contributed by atoms with Gasteiger partial charge in [-0.2, -0.15) is 0 Å². The van der Waals surface area contributed by atoms with Gasteiger partial charge in [0.1, 0.15) is 22.5 Å². The Bertz CT molecular complexity index is 4010. The molecule has 0 amide bonds. The second-order valence-electron chi connectivity index (χ2n) is 18.6. The van der Waals surface area contributed by atoms with Crippen LogP contribution in [0.5, 0.6) is 0 Å². The molecule has 4 nitrogen and oxygen atoms in total. The molecule has 0 bridgehead atoms. The van der Waals surface area contributed by atoms with Crippen LogP contribution in [0.15, 0.2) is 197 Å². The van der Waals surface area contributed by atoms with Crippen LogP contribution in [0.1, 0.15) is 42.7 Å². The number of hydrogen-bond donors (Lipinski definition) is 0. The van der Waals surface area contributed by atoms with E-state index in [1.807, 2.05) is 0 Å². The smallest absolute Gasteiger partial charge is 0.137 e. The van der Waals surface area contributed by atoms with Gasteiger partial charge in [-0.3, -0.25) is 0 Å². The van der Waals surface area contributed by atoms with Crippen LogP contribution in [0.2, 0.25) is 0 Å². The summed E-state index contributed by atoms with van der Waals surface area (Å²) >= 11 is 0. The van der Waals surface area contributed by atoms with Crippen LogP contribution >= 0.6 is 0 Å². The number of anilines is 3. The molecule has 2 aliphatic rings. The second kappa shape index (κ2) is 14.2. The Morgan fingerprint density at radius 1 is 0.522 bits per heavy atom. The van der Waals surface area contributed by atoms with E-state index in [1.165, 1.54) is 49.6 Å². The van der Waals surface area contributed by atoms with E-state index in [2.05, 4.69) is 230 Å².